The molecule has 0 heterocycles. The first kappa shape index (κ1) is 12.6. The van der Waals surface area contributed by atoms with Gasteiger partial charge in [0.05, 0.1) is 10.2 Å². The van der Waals surface area contributed by atoms with Gasteiger partial charge in [-0.25, -0.2) is 0 Å². The third-order valence-corrected chi connectivity index (χ3v) is 4.92. The molecule has 0 atom stereocenters. The van der Waals surface area contributed by atoms with Gasteiger partial charge in [0.2, 0.25) is 0 Å². The predicted octanol–water partition coefficient (Wildman–Crippen LogP) is -1.36. The molecule has 0 aromatic heterocycles. The van der Waals surface area contributed by atoms with E-state index in [4.69, 9.17) is 5.11 Å². The summed E-state index contributed by atoms with van der Waals surface area (Å²) in [6.45, 7) is 0. The van der Waals surface area contributed by atoms with Crippen LogP contribution in [0.5, 0.6) is 5.75 Å². The van der Waals surface area contributed by atoms with Gasteiger partial charge in [-0.3, -0.25) is 0 Å². The minimum Gasteiger partial charge on any atom is -0.508 e. The molecule has 1 aromatic carbocycles. The highest BCUT2D eigenvalue weighted by Crippen LogP contribution is 2.51. The van der Waals surface area contributed by atoms with E-state index in [2.05, 4.69) is 3.74 Å². The Labute approximate surface area is 91.2 Å². The quantitative estimate of drug-likeness (QED) is 0.719. The maximum absolute atomic E-state index is 10.5. The minimum absolute atomic E-state index is 0.0662. The van der Waals surface area contributed by atoms with Crippen LogP contribution in [0, 0.1) is 10.2 Å². The molecule has 0 radical (unpaired) electrons. The molecule has 0 aliphatic heterocycles. The molecule has 0 saturated carbocycles. The Bertz CT molecular complexity index is 332. The number of rotatable bonds is 3. The van der Waals surface area contributed by atoms with Crippen LogP contribution >= 0.6 is 10.3 Å². The summed E-state index contributed by atoms with van der Waals surface area (Å²) in [5.41, 5.74) is 0. The Kier molecular flexibility index (Phi) is 3.49. The normalized spacial score (nSPS) is 13.9. The molecule has 0 amide bonds. The summed E-state index contributed by atoms with van der Waals surface area (Å²) >= 11 is 0. The molecule has 86 valence electrons. The standard InChI is InChI=1S/C8H11ClO5S/c1-15(2,14-9(11,12)13)8-5-3-7(10)4-6-8/h3-6,10H,1-2H3. The van der Waals surface area contributed by atoms with Crippen molar-refractivity contribution in [1.82, 2.24) is 0 Å². The molecule has 1 N–H and O–H groups in total. The molecule has 0 spiro atoms. The van der Waals surface area contributed by atoms with Gasteiger partial charge >= 0.3 is 0 Å². The Morgan fingerprint density at radius 1 is 1.13 bits per heavy atom. The molecule has 1 aromatic rings. The van der Waals surface area contributed by atoms with E-state index in [1.807, 2.05) is 0 Å². The van der Waals surface area contributed by atoms with Gasteiger partial charge in [0.25, 0.3) is 0 Å². The number of phenolic OH excluding ortho intramolecular Hbond substituents is 1. The molecule has 0 saturated heterocycles. The first-order valence-corrected chi connectivity index (χ1v) is 7.46. The average molecular weight is 255 g/mol. The van der Waals surface area contributed by atoms with E-state index in [1.54, 1.807) is 0 Å². The van der Waals surface area contributed by atoms with E-state index in [0.29, 0.717) is 4.90 Å². The molecule has 0 bridgehead atoms. The molecular weight excluding hydrogens is 244 g/mol. The summed E-state index contributed by atoms with van der Waals surface area (Å²) < 4.78 is 35.8. The second-order valence-electron chi connectivity index (χ2n) is 3.17. The molecule has 0 unspecified atom stereocenters. The van der Waals surface area contributed by atoms with Crippen LogP contribution < -0.4 is 14.0 Å². The van der Waals surface area contributed by atoms with E-state index in [9.17, 15) is 14.0 Å². The van der Waals surface area contributed by atoms with Crippen LogP contribution in [0.2, 0.25) is 0 Å². The van der Waals surface area contributed by atoms with Crippen LogP contribution in [-0.4, -0.2) is 17.6 Å². The van der Waals surface area contributed by atoms with Crippen molar-refractivity contribution in [3.63, 3.8) is 0 Å². The fraction of sp³-hybridized carbons (Fsp3) is 0.250. The highest BCUT2D eigenvalue weighted by atomic mass is 35.7. The van der Waals surface area contributed by atoms with E-state index in [-0.39, 0.29) is 5.75 Å². The van der Waals surface area contributed by atoms with Crippen LogP contribution in [0.1, 0.15) is 0 Å². The monoisotopic (exact) mass is 254 g/mol. The van der Waals surface area contributed by atoms with E-state index in [0.717, 1.165) is 0 Å². The van der Waals surface area contributed by atoms with Crippen LogP contribution in [0.25, 0.3) is 0 Å². The van der Waals surface area contributed by atoms with Gasteiger partial charge in [0.15, 0.2) is 0 Å². The number of halogens is 1. The van der Waals surface area contributed by atoms with Crippen LogP contribution in [0.15, 0.2) is 29.2 Å². The number of phenols is 1. The Balaban J connectivity index is 2.90. The number of hydrogen-bond acceptors (Lipinski definition) is 5. The lowest BCUT2D eigenvalue weighted by Gasteiger charge is -2.26. The molecule has 0 fully saturated rings. The van der Waals surface area contributed by atoms with E-state index in [1.165, 1.54) is 36.8 Å². The second-order valence-corrected chi connectivity index (χ2v) is 7.37. The van der Waals surface area contributed by atoms with Crippen LogP contribution in [0.3, 0.4) is 0 Å². The lowest BCUT2D eigenvalue weighted by Crippen LogP contribution is -2.61. The van der Waals surface area contributed by atoms with E-state index < -0.39 is 20.6 Å². The molecular formula is C8H11ClO5S. The highest BCUT2D eigenvalue weighted by molar-refractivity contribution is 8.28. The van der Waals surface area contributed by atoms with Gasteiger partial charge < -0.3 is 5.11 Å². The average Bonchev–Trinajstić information content (AvgIpc) is 2.00. The summed E-state index contributed by atoms with van der Waals surface area (Å²) in [6.07, 6.45) is 3.06. The van der Waals surface area contributed by atoms with Crippen molar-refractivity contribution in [1.29, 1.82) is 0 Å². The van der Waals surface area contributed by atoms with Crippen molar-refractivity contribution in [2.45, 2.75) is 4.90 Å². The summed E-state index contributed by atoms with van der Waals surface area (Å²) in [6, 6.07) is 5.85. The smallest absolute Gasteiger partial charge is 0.125 e. The number of hydrogen-bond donors (Lipinski definition) is 1. The SMILES string of the molecule is CS(C)(O[Cl+3]([O-])([O-])[O-])c1ccc(O)cc1. The van der Waals surface area contributed by atoms with Crippen molar-refractivity contribution < 1.29 is 33.1 Å². The molecule has 0 aliphatic carbocycles. The van der Waals surface area contributed by atoms with Crippen molar-refractivity contribution >= 4 is 10.3 Å². The first-order valence-electron chi connectivity index (χ1n) is 3.85. The number of benzene rings is 1. The summed E-state index contributed by atoms with van der Waals surface area (Å²) in [4.78, 5) is 0.562. The molecule has 15 heavy (non-hydrogen) atoms. The summed E-state index contributed by atoms with van der Waals surface area (Å²) in [5, 5.41) is 9.04. The minimum atomic E-state index is -4.44. The molecule has 1 rings (SSSR count). The Morgan fingerprint density at radius 3 is 2.00 bits per heavy atom. The largest absolute Gasteiger partial charge is 0.508 e. The van der Waals surface area contributed by atoms with Gasteiger partial charge in [-0.1, -0.05) is 0 Å². The van der Waals surface area contributed by atoms with Gasteiger partial charge in [-0.05, 0) is 24.3 Å². The number of aromatic hydroxyl groups is 1. The zero-order chi connectivity index (χ0) is 11.7. The van der Waals surface area contributed by atoms with Crippen molar-refractivity contribution in [3.8, 4) is 5.75 Å². The molecule has 7 heteroatoms. The summed E-state index contributed by atoms with van der Waals surface area (Å²) in [5.74, 6) is 0.0662. The third kappa shape index (κ3) is 3.86. The van der Waals surface area contributed by atoms with Crippen molar-refractivity contribution in [2.24, 2.45) is 0 Å². The Morgan fingerprint density at radius 2 is 1.60 bits per heavy atom. The lowest BCUT2D eigenvalue weighted by molar-refractivity contribution is -1.91. The van der Waals surface area contributed by atoms with Gasteiger partial charge in [-0.15, -0.1) is 0 Å². The lowest BCUT2D eigenvalue weighted by atomic mass is 10.3. The molecule has 0 aliphatic rings. The summed E-state index contributed by atoms with van der Waals surface area (Å²) in [7, 11) is -6.60. The zero-order valence-electron chi connectivity index (χ0n) is 8.18. The fourth-order valence-electron chi connectivity index (χ4n) is 1.00. The van der Waals surface area contributed by atoms with E-state index >= 15 is 0 Å². The van der Waals surface area contributed by atoms with Gasteiger partial charge in [-0.2, -0.15) is 14.0 Å². The second kappa shape index (κ2) is 4.17. The van der Waals surface area contributed by atoms with Crippen molar-refractivity contribution in [2.75, 3.05) is 12.5 Å². The third-order valence-electron chi connectivity index (χ3n) is 1.64. The highest BCUT2D eigenvalue weighted by Gasteiger charge is 2.33. The van der Waals surface area contributed by atoms with Crippen LogP contribution in [0.4, 0.5) is 0 Å². The molecule has 5 nitrogen and oxygen atoms in total. The fourth-order valence-corrected chi connectivity index (χ4v) is 3.63. The van der Waals surface area contributed by atoms with Gasteiger partial charge in [0, 0.05) is 27.7 Å². The maximum Gasteiger partial charge on any atom is 0.125 e. The topological polar surface area (TPSA) is 98.6 Å². The van der Waals surface area contributed by atoms with Crippen LogP contribution in [-0.2, 0) is 3.74 Å². The first-order chi connectivity index (χ1) is 6.71. The van der Waals surface area contributed by atoms with Crippen molar-refractivity contribution in [3.05, 3.63) is 24.3 Å². The Hall–Kier alpha value is -0.500. The predicted molar refractivity (Wildman–Crippen MR) is 46.9 cm³/mol. The zero-order valence-corrected chi connectivity index (χ0v) is 9.75. The maximum atomic E-state index is 10.5. The van der Waals surface area contributed by atoms with Gasteiger partial charge in [0.1, 0.15) is 9.49 Å².